The van der Waals surface area contributed by atoms with Crippen LogP contribution in [0.2, 0.25) is 0 Å². The summed E-state index contributed by atoms with van der Waals surface area (Å²) >= 11 is 0. The fourth-order valence-electron chi connectivity index (χ4n) is 0.786. The molecule has 16 heavy (non-hydrogen) atoms. The molecule has 8 heteroatoms. The molecule has 0 saturated heterocycles. The second kappa shape index (κ2) is 4.18. The van der Waals surface area contributed by atoms with Gasteiger partial charge in [-0.3, -0.25) is 0 Å². The van der Waals surface area contributed by atoms with Crippen molar-refractivity contribution in [2.24, 2.45) is 0 Å². The van der Waals surface area contributed by atoms with E-state index in [0.717, 1.165) is 12.3 Å². The van der Waals surface area contributed by atoms with E-state index in [1.807, 2.05) is 0 Å². The third-order valence-corrected chi connectivity index (χ3v) is 1.56. The Morgan fingerprint density at radius 1 is 1.12 bits per heavy atom. The van der Waals surface area contributed by atoms with Gasteiger partial charge in [-0.2, -0.15) is 17.6 Å². The van der Waals surface area contributed by atoms with E-state index in [0.29, 0.717) is 0 Å². The third-order valence-electron chi connectivity index (χ3n) is 1.56. The molecule has 0 saturated carbocycles. The van der Waals surface area contributed by atoms with Crippen molar-refractivity contribution >= 4 is 0 Å². The fraction of sp³-hybridized carbons (Fsp3) is 0.375. The van der Waals surface area contributed by atoms with Crippen LogP contribution < -0.4 is 4.74 Å². The predicted octanol–water partition coefficient (Wildman–Crippen LogP) is 2.95. The minimum atomic E-state index is -5.85. The molecule has 0 spiro atoms. The zero-order valence-electron chi connectivity index (χ0n) is 7.51. The molecule has 90 valence electrons. The highest BCUT2D eigenvalue weighted by Gasteiger charge is 2.66. The molecule has 1 heterocycles. The summed E-state index contributed by atoms with van der Waals surface area (Å²) in [4.78, 5) is 3.16. The first-order valence-electron chi connectivity index (χ1n) is 3.91. The molecule has 1 atom stereocenters. The molecule has 0 fully saturated rings. The Balaban J connectivity index is 2.98. The summed E-state index contributed by atoms with van der Waals surface area (Å²) in [7, 11) is 0. The topological polar surface area (TPSA) is 22.1 Å². The zero-order chi connectivity index (χ0) is 12.4. The number of rotatable bonds is 3. The molecule has 1 rings (SSSR count). The summed E-state index contributed by atoms with van der Waals surface area (Å²) in [6, 6.07) is 3.32. The molecule has 0 aliphatic heterocycles. The SMILES string of the molecule is FC(F)C(F)(Oc1ccccn1)C(F)(F)F. The number of alkyl halides is 6. The summed E-state index contributed by atoms with van der Waals surface area (Å²) in [6.45, 7) is 0. The number of ether oxygens (including phenoxy) is 1. The van der Waals surface area contributed by atoms with Gasteiger partial charge in [0.15, 0.2) is 0 Å². The molecule has 1 unspecified atom stereocenters. The Kier molecular flexibility index (Phi) is 3.30. The Hall–Kier alpha value is -1.47. The minimum absolute atomic E-state index is 0.836. The molecule has 0 aliphatic rings. The first-order valence-corrected chi connectivity index (χ1v) is 3.91. The van der Waals surface area contributed by atoms with Gasteiger partial charge < -0.3 is 4.74 Å². The normalized spacial score (nSPS) is 15.9. The first-order chi connectivity index (χ1) is 7.27. The molecule has 0 N–H and O–H groups in total. The van der Waals surface area contributed by atoms with Gasteiger partial charge in [0.1, 0.15) is 0 Å². The van der Waals surface area contributed by atoms with Gasteiger partial charge in [0.05, 0.1) is 0 Å². The van der Waals surface area contributed by atoms with Gasteiger partial charge >= 0.3 is 18.5 Å². The maximum Gasteiger partial charge on any atom is 0.466 e. The van der Waals surface area contributed by atoms with Crippen molar-refractivity contribution in [1.82, 2.24) is 4.98 Å². The maximum absolute atomic E-state index is 13.0. The van der Waals surface area contributed by atoms with Gasteiger partial charge in [-0.05, 0) is 6.07 Å². The average molecular weight is 245 g/mol. The summed E-state index contributed by atoms with van der Waals surface area (Å²) in [5, 5.41) is 0. The largest absolute Gasteiger partial charge is 0.466 e. The Labute approximate surface area is 85.9 Å². The Morgan fingerprint density at radius 3 is 2.12 bits per heavy atom. The van der Waals surface area contributed by atoms with Crippen LogP contribution in [0, 0.1) is 0 Å². The molecule has 1 aromatic heterocycles. The van der Waals surface area contributed by atoms with Crippen LogP contribution in [0.1, 0.15) is 0 Å². The van der Waals surface area contributed by atoms with Gasteiger partial charge in [-0.15, -0.1) is 0 Å². The molecule has 0 aromatic carbocycles. The van der Waals surface area contributed by atoms with E-state index in [2.05, 4.69) is 9.72 Å². The number of halogens is 6. The summed E-state index contributed by atoms with van der Waals surface area (Å²) in [6.07, 6.45) is -9.23. The van der Waals surface area contributed by atoms with Crippen molar-refractivity contribution in [3.8, 4) is 5.88 Å². The van der Waals surface area contributed by atoms with E-state index in [4.69, 9.17) is 0 Å². The standard InChI is InChI=1S/C8H5F6NO/c9-6(10)7(11,8(12,13)14)16-5-3-1-2-4-15-5/h1-4,6H. The van der Waals surface area contributed by atoms with Crippen LogP contribution in [-0.4, -0.2) is 23.4 Å². The lowest BCUT2D eigenvalue weighted by Gasteiger charge is -2.26. The van der Waals surface area contributed by atoms with Crippen LogP contribution in [-0.2, 0) is 0 Å². The van der Waals surface area contributed by atoms with E-state index in [1.165, 1.54) is 12.1 Å². The van der Waals surface area contributed by atoms with Crippen molar-refractivity contribution in [3.63, 3.8) is 0 Å². The van der Waals surface area contributed by atoms with Gasteiger partial charge in [0.2, 0.25) is 5.88 Å². The zero-order valence-corrected chi connectivity index (χ0v) is 7.51. The van der Waals surface area contributed by atoms with E-state index < -0.39 is 24.3 Å². The molecule has 1 aromatic rings. The van der Waals surface area contributed by atoms with E-state index >= 15 is 0 Å². The molecule has 0 aliphatic carbocycles. The molecular weight excluding hydrogens is 240 g/mol. The predicted molar refractivity (Wildman–Crippen MR) is 40.8 cm³/mol. The van der Waals surface area contributed by atoms with Crippen molar-refractivity contribution in [3.05, 3.63) is 24.4 Å². The summed E-state index contributed by atoms with van der Waals surface area (Å²) in [5.41, 5.74) is 0. The van der Waals surface area contributed by atoms with Crippen molar-refractivity contribution < 1.29 is 31.1 Å². The van der Waals surface area contributed by atoms with Gasteiger partial charge in [0, 0.05) is 12.3 Å². The van der Waals surface area contributed by atoms with E-state index in [9.17, 15) is 26.3 Å². The summed E-state index contributed by atoms with van der Waals surface area (Å²) < 4.78 is 76.7. The second-order valence-electron chi connectivity index (χ2n) is 2.71. The van der Waals surface area contributed by atoms with Crippen LogP contribution in [0.25, 0.3) is 0 Å². The number of hydrogen-bond donors (Lipinski definition) is 0. The number of hydrogen-bond acceptors (Lipinski definition) is 2. The molecule has 0 bridgehead atoms. The van der Waals surface area contributed by atoms with Gasteiger partial charge in [-0.25, -0.2) is 13.8 Å². The second-order valence-corrected chi connectivity index (χ2v) is 2.71. The van der Waals surface area contributed by atoms with Gasteiger partial charge in [-0.1, -0.05) is 6.07 Å². The number of pyridine rings is 1. The van der Waals surface area contributed by atoms with Crippen LogP contribution in [0.5, 0.6) is 5.88 Å². The highest BCUT2D eigenvalue weighted by Crippen LogP contribution is 2.39. The lowest BCUT2D eigenvalue weighted by molar-refractivity contribution is -0.341. The molecule has 0 radical (unpaired) electrons. The van der Waals surface area contributed by atoms with Gasteiger partial charge in [0.25, 0.3) is 0 Å². The first kappa shape index (κ1) is 12.6. The molecule has 2 nitrogen and oxygen atoms in total. The van der Waals surface area contributed by atoms with Crippen LogP contribution >= 0.6 is 0 Å². The van der Waals surface area contributed by atoms with E-state index in [1.54, 1.807) is 0 Å². The lowest BCUT2D eigenvalue weighted by Crippen LogP contribution is -2.52. The molecule has 0 amide bonds. The third kappa shape index (κ3) is 2.37. The van der Waals surface area contributed by atoms with Crippen LogP contribution in [0.15, 0.2) is 24.4 Å². The highest BCUT2D eigenvalue weighted by molar-refractivity contribution is 5.11. The maximum atomic E-state index is 13.0. The minimum Gasteiger partial charge on any atom is -0.428 e. The highest BCUT2D eigenvalue weighted by atomic mass is 19.4. The smallest absolute Gasteiger partial charge is 0.428 e. The van der Waals surface area contributed by atoms with Crippen molar-refractivity contribution in [1.29, 1.82) is 0 Å². The monoisotopic (exact) mass is 245 g/mol. The lowest BCUT2D eigenvalue weighted by atomic mass is 10.3. The van der Waals surface area contributed by atoms with Crippen molar-refractivity contribution in [2.45, 2.75) is 18.5 Å². The molecular formula is C8H5F6NO. The fourth-order valence-corrected chi connectivity index (χ4v) is 0.786. The quantitative estimate of drug-likeness (QED) is 0.764. The van der Waals surface area contributed by atoms with Crippen molar-refractivity contribution in [2.75, 3.05) is 0 Å². The number of nitrogens with zero attached hydrogens (tertiary/aromatic N) is 1. The van der Waals surface area contributed by atoms with Crippen LogP contribution in [0.4, 0.5) is 26.3 Å². The summed E-state index contributed by atoms with van der Waals surface area (Å²) in [5.74, 6) is -5.93. The van der Waals surface area contributed by atoms with E-state index in [-0.39, 0.29) is 0 Å². The van der Waals surface area contributed by atoms with Crippen LogP contribution in [0.3, 0.4) is 0 Å². The number of aromatic nitrogens is 1. The Morgan fingerprint density at radius 2 is 1.75 bits per heavy atom. The Bertz CT molecular complexity index is 340. The average Bonchev–Trinajstić information content (AvgIpc) is 2.17.